The molecule has 1 aliphatic heterocycles. The number of amides is 1. The van der Waals surface area contributed by atoms with E-state index in [1.165, 1.54) is 6.33 Å². The van der Waals surface area contributed by atoms with Crippen LogP contribution in [-0.4, -0.2) is 53.6 Å². The van der Waals surface area contributed by atoms with Crippen LogP contribution in [0.4, 0.5) is 5.82 Å². The minimum Gasteiger partial charge on any atom is -0.497 e. The number of ether oxygens (including phenoxy) is 2. The molecule has 0 radical (unpaired) electrons. The zero-order valence-electron chi connectivity index (χ0n) is 15.4. The largest absolute Gasteiger partial charge is 0.497 e. The second-order valence-corrected chi connectivity index (χ2v) is 6.23. The number of rotatable bonds is 5. The first-order valence-corrected chi connectivity index (χ1v) is 8.79. The molecule has 1 aromatic heterocycles. The molecule has 0 spiro atoms. The highest BCUT2D eigenvalue weighted by atomic mass is 16.5. The number of aromatic nitrogens is 2. The molecule has 2 aromatic rings. The van der Waals surface area contributed by atoms with E-state index in [-0.39, 0.29) is 11.9 Å². The molecule has 1 fully saturated rings. The van der Waals surface area contributed by atoms with Gasteiger partial charge in [0.1, 0.15) is 23.6 Å². The lowest BCUT2D eigenvalue weighted by Crippen LogP contribution is -2.54. The van der Waals surface area contributed by atoms with Crippen LogP contribution in [0.3, 0.4) is 0 Å². The molecule has 138 valence electrons. The number of nitrogens with zero attached hydrogens (tertiary/aromatic N) is 4. The van der Waals surface area contributed by atoms with E-state index in [9.17, 15) is 4.79 Å². The van der Waals surface area contributed by atoms with Crippen molar-refractivity contribution < 1.29 is 14.3 Å². The minimum atomic E-state index is 0.150. The quantitative estimate of drug-likeness (QED) is 0.821. The summed E-state index contributed by atoms with van der Waals surface area (Å²) < 4.78 is 11.0. The van der Waals surface area contributed by atoms with Crippen LogP contribution in [0.2, 0.25) is 0 Å². The minimum absolute atomic E-state index is 0.150. The first-order chi connectivity index (χ1) is 12.6. The third kappa shape index (κ3) is 4.04. The molecule has 1 amide bonds. The summed E-state index contributed by atoms with van der Waals surface area (Å²) in [6.07, 6.45) is 2.04. The van der Waals surface area contributed by atoms with Crippen LogP contribution >= 0.6 is 0 Å². The van der Waals surface area contributed by atoms with Gasteiger partial charge in [-0.1, -0.05) is 6.92 Å². The van der Waals surface area contributed by atoms with E-state index in [4.69, 9.17) is 9.47 Å². The van der Waals surface area contributed by atoms with Crippen LogP contribution in [-0.2, 0) is 4.79 Å². The van der Waals surface area contributed by atoms with Crippen molar-refractivity contribution in [3.8, 4) is 17.4 Å². The van der Waals surface area contributed by atoms with Crippen molar-refractivity contribution in [2.75, 3.05) is 31.6 Å². The molecule has 7 nitrogen and oxygen atoms in total. The summed E-state index contributed by atoms with van der Waals surface area (Å²) in [5, 5.41) is 0. The van der Waals surface area contributed by atoms with Gasteiger partial charge in [-0.05, 0) is 31.2 Å². The van der Waals surface area contributed by atoms with E-state index >= 15 is 0 Å². The molecule has 0 N–H and O–H groups in total. The number of hydrogen-bond acceptors (Lipinski definition) is 6. The van der Waals surface area contributed by atoms with Gasteiger partial charge in [0.15, 0.2) is 0 Å². The second kappa shape index (κ2) is 8.03. The number of benzene rings is 1. The van der Waals surface area contributed by atoms with Gasteiger partial charge >= 0.3 is 0 Å². The van der Waals surface area contributed by atoms with Crippen molar-refractivity contribution >= 4 is 11.7 Å². The van der Waals surface area contributed by atoms with Crippen LogP contribution in [0.5, 0.6) is 17.4 Å². The molecule has 2 heterocycles. The van der Waals surface area contributed by atoms with Crippen molar-refractivity contribution in [1.29, 1.82) is 0 Å². The summed E-state index contributed by atoms with van der Waals surface area (Å²) in [6.45, 7) is 6.15. The van der Waals surface area contributed by atoms with Gasteiger partial charge < -0.3 is 19.3 Å². The summed E-state index contributed by atoms with van der Waals surface area (Å²) in [5.74, 6) is 2.94. The maximum atomic E-state index is 12.0. The topological polar surface area (TPSA) is 67.8 Å². The molecule has 1 aliphatic rings. The number of carbonyl (C=O) groups excluding carboxylic acids is 1. The number of carbonyl (C=O) groups is 1. The van der Waals surface area contributed by atoms with Gasteiger partial charge in [-0.2, -0.15) is 0 Å². The highest BCUT2D eigenvalue weighted by Crippen LogP contribution is 2.25. The molecule has 3 rings (SSSR count). The van der Waals surface area contributed by atoms with Crippen molar-refractivity contribution in [3.63, 3.8) is 0 Å². The SMILES string of the molecule is CCC(=O)N1CCN(c2cc(Oc3ccc(OC)cc3)ncn2)CC1C. The maximum Gasteiger partial charge on any atom is 0.224 e. The van der Waals surface area contributed by atoms with E-state index in [1.54, 1.807) is 7.11 Å². The molecule has 1 aromatic carbocycles. The molecule has 0 saturated carbocycles. The average Bonchev–Trinajstić information content (AvgIpc) is 2.68. The van der Waals surface area contributed by atoms with E-state index in [2.05, 4.69) is 21.8 Å². The maximum absolute atomic E-state index is 12.0. The van der Waals surface area contributed by atoms with Crippen LogP contribution < -0.4 is 14.4 Å². The highest BCUT2D eigenvalue weighted by molar-refractivity contribution is 5.76. The molecule has 7 heteroatoms. The molecule has 0 bridgehead atoms. The van der Waals surface area contributed by atoms with Crippen LogP contribution in [0.15, 0.2) is 36.7 Å². The number of piperazine rings is 1. The Kier molecular flexibility index (Phi) is 5.55. The fourth-order valence-corrected chi connectivity index (χ4v) is 3.06. The molecular weight excluding hydrogens is 332 g/mol. The normalized spacial score (nSPS) is 17.1. The molecule has 1 unspecified atom stereocenters. The monoisotopic (exact) mass is 356 g/mol. The second-order valence-electron chi connectivity index (χ2n) is 6.23. The van der Waals surface area contributed by atoms with Gasteiger partial charge in [-0.25, -0.2) is 9.97 Å². The van der Waals surface area contributed by atoms with E-state index in [0.29, 0.717) is 24.6 Å². The Morgan fingerprint density at radius 3 is 2.58 bits per heavy atom. The summed E-state index contributed by atoms with van der Waals surface area (Å²) in [4.78, 5) is 24.6. The lowest BCUT2D eigenvalue weighted by Gasteiger charge is -2.40. The van der Waals surface area contributed by atoms with Gasteiger partial charge in [0, 0.05) is 38.2 Å². The zero-order chi connectivity index (χ0) is 18.5. The Bertz CT molecular complexity index is 751. The summed E-state index contributed by atoms with van der Waals surface area (Å²) >= 11 is 0. The predicted molar refractivity (Wildman–Crippen MR) is 98.8 cm³/mol. The van der Waals surface area contributed by atoms with Crippen LogP contribution in [0.1, 0.15) is 20.3 Å². The van der Waals surface area contributed by atoms with E-state index in [0.717, 1.165) is 24.7 Å². The third-order valence-corrected chi connectivity index (χ3v) is 4.48. The molecule has 26 heavy (non-hydrogen) atoms. The standard InChI is InChI=1S/C19H24N4O3/c1-4-19(24)23-10-9-22(12-14(23)2)17-11-18(21-13-20-17)26-16-7-5-15(25-3)6-8-16/h5-8,11,13-14H,4,9-10,12H2,1-3H3. The summed E-state index contributed by atoms with van der Waals surface area (Å²) in [7, 11) is 1.63. The van der Waals surface area contributed by atoms with Crippen molar-refractivity contribution in [2.24, 2.45) is 0 Å². The summed E-state index contributed by atoms with van der Waals surface area (Å²) in [5.41, 5.74) is 0. The smallest absolute Gasteiger partial charge is 0.224 e. The predicted octanol–water partition coefficient (Wildman–Crippen LogP) is 2.72. The van der Waals surface area contributed by atoms with Crippen LogP contribution in [0, 0.1) is 0 Å². The average molecular weight is 356 g/mol. The summed E-state index contributed by atoms with van der Waals surface area (Å²) in [6, 6.07) is 9.31. The number of anilines is 1. The fraction of sp³-hybridized carbons (Fsp3) is 0.421. The van der Waals surface area contributed by atoms with Crippen molar-refractivity contribution in [2.45, 2.75) is 26.3 Å². The molecule has 0 aliphatic carbocycles. The van der Waals surface area contributed by atoms with Gasteiger partial charge in [-0.15, -0.1) is 0 Å². The Morgan fingerprint density at radius 2 is 1.92 bits per heavy atom. The Balaban J connectivity index is 1.68. The molecular formula is C19H24N4O3. The third-order valence-electron chi connectivity index (χ3n) is 4.48. The van der Waals surface area contributed by atoms with Gasteiger partial charge in [0.2, 0.25) is 11.8 Å². The molecule has 1 atom stereocenters. The number of methoxy groups -OCH3 is 1. The van der Waals surface area contributed by atoms with Crippen LogP contribution in [0.25, 0.3) is 0 Å². The van der Waals surface area contributed by atoms with E-state index < -0.39 is 0 Å². The first kappa shape index (κ1) is 18.0. The Morgan fingerprint density at radius 1 is 1.19 bits per heavy atom. The van der Waals surface area contributed by atoms with Crippen molar-refractivity contribution in [1.82, 2.24) is 14.9 Å². The van der Waals surface area contributed by atoms with Gasteiger partial charge in [-0.3, -0.25) is 4.79 Å². The molecule has 1 saturated heterocycles. The highest BCUT2D eigenvalue weighted by Gasteiger charge is 2.27. The van der Waals surface area contributed by atoms with E-state index in [1.807, 2.05) is 42.2 Å². The Hall–Kier alpha value is -2.83. The number of hydrogen-bond donors (Lipinski definition) is 0. The fourth-order valence-electron chi connectivity index (χ4n) is 3.06. The van der Waals surface area contributed by atoms with Gasteiger partial charge in [0.25, 0.3) is 0 Å². The van der Waals surface area contributed by atoms with Gasteiger partial charge in [0.05, 0.1) is 7.11 Å². The lowest BCUT2D eigenvalue weighted by molar-refractivity contribution is -0.133. The van der Waals surface area contributed by atoms with Crippen molar-refractivity contribution in [3.05, 3.63) is 36.7 Å². The lowest BCUT2D eigenvalue weighted by atomic mass is 10.1. The first-order valence-electron chi connectivity index (χ1n) is 8.79. The zero-order valence-corrected chi connectivity index (χ0v) is 15.4. The Labute approximate surface area is 153 Å².